The number of benzene rings is 1. The van der Waals surface area contributed by atoms with E-state index in [1.54, 1.807) is 6.33 Å². The van der Waals surface area contributed by atoms with Crippen LogP contribution in [0.5, 0.6) is 0 Å². The maximum absolute atomic E-state index is 11.9. The largest absolute Gasteiger partial charge is 0.458 e. The van der Waals surface area contributed by atoms with Gasteiger partial charge >= 0.3 is 5.97 Å². The van der Waals surface area contributed by atoms with Crippen molar-refractivity contribution < 1.29 is 18.7 Å². The van der Waals surface area contributed by atoms with Crippen LogP contribution in [-0.4, -0.2) is 54.3 Å². The molecule has 1 aliphatic carbocycles. The maximum atomic E-state index is 11.9. The molecule has 0 saturated carbocycles. The zero-order valence-electron chi connectivity index (χ0n) is 20.9. The van der Waals surface area contributed by atoms with Gasteiger partial charge in [0, 0.05) is 13.3 Å². The van der Waals surface area contributed by atoms with E-state index in [4.69, 9.17) is 13.9 Å². The fourth-order valence-corrected chi connectivity index (χ4v) is 6.52. The van der Waals surface area contributed by atoms with E-state index in [0.29, 0.717) is 33.9 Å². The van der Waals surface area contributed by atoms with Gasteiger partial charge in [-0.25, -0.2) is 15.0 Å². The number of imidazole rings is 1. The second-order valence-electron chi connectivity index (χ2n) is 10.5. The van der Waals surface area contributed by atoms with Crippen molar-refractivity contribution in [2.24, 2.45) is 5.41 Å². The van der Waals surface area contributed by atoms with Crippen molar-refractivity contribution in [3.63, 3.8) is 0 Å². The molecule has 1 unspecified atom stereocenters. The maximum Gasteiger partial charge on any atom is 0.303 e. The Labute approximate surface area is 208 Å². The number of anilines is 1. The molecule has 10 heteroatoms. The van der Waals surface area contributed by atoms with Crippen molar-refractivity contribution >= 4 is 33.4 Å². The van der Waals surface area contributed by atoms with Gasteiger partial charge in [-0.2, -0.15) is 0 Å². The molecule has 5 rings (SSSR count). The van der Waals surface area contributed by atoms with Crippen LogP contribution in [0.2, 0.25) is 0 Å². The number of hydrogen-bond donors (Lipinski definition) is 1. The molecule has 3 aromatic rings. The number of carbonyl (C=O) groups excluding carboxylic acids is 1. The average molecular weight is 496 g/mol. The van der Waals surface area contributed by atoms with Crippen LogP contribution in [0, 0.1) is 5.41 Å². The van der Waals surface area contributed by atoms with E-state index >= 15 is 0 Å². The number of rotatable bonds is 6. The van der Waals surface area contributed by atoms with Crippen LogP contribution in [-0.2, 0) is 25.1 Å². The van der Waals surface area contributed by atoms with Gasteiger partial charge in [-0.1, -0.05) is 45.0 Å². The summed E-state index contributed by atoms with van der Waals surface area (Å²) < 4.78 is 20.0. The van der Waals surface area contributed by atoms with Gasteiger partial charge in [0.15, 0.2) is 23.2 Å². The normalized spacial score (nSPS) is 25.0. The third kappa shape index (κ3) is 4.57. The van der Waals surface area contributed by atoms with Gasteiger partial charge in [0.05, 0.1) is 24.6 Å². The number of ether oxygens (including phenoxy) is 2. The van der Waals surface area contributed by atoms with Crippen molar-refractivity contribution in [2.45, 2.75) is 77.5 Å². The van der Waals surface area contributed by atoms with Gasteiger partial charge < -0.3 is 19.2 Å². The number of fused-ring (bicyclic) bond motifs is 2. The van der Waals surface area contributed by atoms with Gasteiger partial charge in [0.2, 0.25) is 0 Å². The summed E-state index contributed by atoms with van der Waals surface area (Å²) in [5.74, 6) is 0.342. The Hall–Kier alpha value is -2.82. The van der Waals surface area contributed by atoms with Crippen molar-refractivity contribution in [1.29, 1.82) is 0 Å². The molecular weight excluding hydrogens is 462 g/mol. The van der Waals surface area contributed by atoms with Gasteiger partial charge in [-0.05, 0) is 29.4 Å². The number of hydrogen-bond acceptors (Lipinski definition) is 8. The molecule has 186 valence electrons. The number of nitrogens with one attached hydrogen (secondary N) is 1. The summed E-state index contributed by atoms with van der Waals surface area (Å²) >= 11 is 0. The molecule has 3 heterocycles. The van der Waals surface area contributed by atoms with E-state index in [1.165, 1.54) is 24.4 Å². The SMILES string of the molecule is CC(=O)O[C@@H]1C[C@@H](C(O[SiH3])C(C)(C)C)O[C@H]1n1cnc2c(N[C@H]3CCc4ccccc43)ncnc21. The molecule has 1 aliphatic heterocycles. The smallest absolute Gasteiger partial charge is 0.303 e. The van der Waals surface area contributed by atoms with E-state index in [2.05, 4.69) is 65.3 Å². The van der Waals surface area contributed by atoms with Crippen molar-refractivity contribution in [3.05, 3.63) is 48.0 Å². The van der Waals surface area contributed by atoms with Gasteiger partial charge in [0.1, 0.15) is 22.9 Å². The third-order valence-corrected chi connectivity index (χ3v) is 7.44. The summed E-state index contributed by atoms with van der Waals surface area (Å²) in [5.41, 5.74) is 3.85. The lowest BCUT2D eigenvalue weighted by Crippen LogP contribution is -2.39. The predicted molar refractivity (Wildman–Crippen MR) is 135 cm³/mol. The molecule has 5 atom stereocenters. The van der Waals surface area contributed by atoms with E-state index in [-0.39, 0.29) is 29.6 Å². The van der Waals surface area contributed by atoms with E-state index in [0.717, 1.165) is 12.8 Å². The Morgan fingerprint density at radius 1 is 1.26 bits per heavy atom. The van der Waals surface area contributed by atoms with Crippen molar-refractivity contribution in [2.75, 3.05) is 5.32 Å². The number of nitrogens with zero attached hydrogens (tertiary/aromatic N) is 4. The van der Waals surface area contributed by atoms with Crippen LogP contribution in [0.3, 0.4) is 0 Å². The Bertz CT molecular complexity index is 1230. The second kappa shape index (κ2) is 9.33. The lowest BCUT2D eigenvalue weighted by atomic mass is 9.85. The Kier molecular flexibility index (Phi) is 6.37. The molecule has 0 amide bonds. The van der Waals surface area contributed by atoms with E-state index in [9.17, 15) is 4.79 Å². The summed E-state index contributed by atoms with van der Waals surface area (Å²) in [4.78, 5) is 25.6. The zero-order chi connectivity index (χ0) is 24.7. The minimum Gasteiger partial charge on any atom is -0.458 e. The lowest BCUT2D eigenvalue weighted by Gasteiger charge is -2.34. The topological polar surface area (TPSA) is 100 Å². The molecule has 0 spiro atoms. The molecule has 1 aromatic carbocycles. The highest BCUT2D eigenvalue weighted by Crippen LogP contribution is 2.40. The minimum absolute atomic E-state index is 0.110. The molecule has 1 fully saturated rings. The van der Waals surface area contributed by atoms with Gasteiger partial charge in [-0.15, -0.1) is 0 Å². The molecule has 1 N–H and O–H groups in total. The molecule has 0 radical (unpaired) electrons. The summed E-state index contributed by atoms with van der Waals surface area (Å²) in [6, 6.07) is 8.67. The molecule has 35 heavy (non-hydrogen) atoms. The van der Waals surface area contributed by atoms with Crippen LogP contribution in [0.4, 0.5) is 5.82 Å². The van der Waals surface area contributed by atoms with Gasteiger partial charge in [0.25, 0.3) is 0 Å². The van der Waals surface area contributed by atoms with Crippen LogP contribution < -0.4 is 5.32 Å². The average Bonchev–Trinajstić information content (AvgIpc) is 3.51. The minimum atomic E-state index is -0.550. The summed E-state index contributed by atoms with van der Waals surface area (Å²) in [6.45, 7) is 7.81. The number of esters is 1. The number of carbonyl (C=O) groups is 1. The van der Waals surface area contributed by atoms with E-state index in [1.807, 2.05) is 4.57 Å². The summed E-state index contributed by atoms with van der Waals surface area (Å²) in [6.07, 6.45) is 4.48. The van der Waals surface area contributed by atoms with Crippen LogP contribution in [0.15, 0.2) is 36.9 Å². The molecule has 1 saturated heterocycles. The van der Waals surface area contributed by atoms with Crippen LogP contribution >= 0.6 is 0 Å². The standard InChI is InChI=1S/C25H33N5O4Si/c1-14(31)32-19-11-18(21(34-35)25(2,3)4)33-24(19)30-13-28-20-22(26-12-27-23(20)30)29-17-10-9-15-7-5-6-8-16(15)17/h5-8,12-13,17-19,21,24H,9-11H2,1-4,35H3,(H,26,27,29)/t17-,18-,19+,21?,24+/m0/s1. The van der Waals surface area contributed by atoms with Crippen LogP contribution in [0.1, 0.15) is 63.9 Å². The molecule has 2 aromatic heterocycles. The second-order valence-corrected chi connectivity index (χ2v) is 10.9. The monoisotopic (exact) mass is 495 g/mol. The Morgan fingerprint density at radius 3 is 2.80 bits per heavy atom. The molecule has 2 aliphatic rings. The quantitative estimate of drug-likeness (QED) is 0.412. The fourth-order valence-electron chi connectivity index (χ4n) is 5.51. The van der Waals surface area contributed by atoms with Crippen molar-refractivity contribution in [3.8, 4) is 0 Å². The highest BCUT2D eigenvalue weighted by molar-refractivity contribution is 5.98. The zero-order valence-corrected chi connectivity index (χ0v) is 22.9. The lowest BCUT2D eigenvalue weighted by molar-refractivity contribution is -0.153. The van der Waals surface area contributed by atoms with Crippen LogP contribution in [0.25, 0.3) is 11.2 Å². The Balaban J connectivity index is 1.45. The number of aryl methyl sites for hydroxylation is 1. The first-order chi connectivity index (χ1) is 16.8. The Morgan fingerprint density at radius 2 is 2.06 bits per heavy atom. The van der Waals surface area contributed by atoms with Crippen molar-refractivity contribution in [1.82, 2.24) is 19.5 Å². The highest BCUT2D eigenvalue weighted by Gasteiger charge is 2.46. The first kappa shape index (κ1) is 23.9. The summed E-state index contributed by atoms with van der Waals surface area (Å²) in [5, 5.41) is 3.57. The molecule has 9 nitrogen and oxygen atoms in total. The predicted octanol–water partition coefficient (Wildman–Crippen LogP) is 2.86. The number of aromatic nitrogens is 4. The first-order valence-electron chi connectivity index (χ1n) is 12.1. The summed E-state index contributed by atoms with van der Waals surface area (Å²) in [7, 11) is 0.590. The van der Waals surface area contributed by atoms with E-state index < -0.39 is 12.3 Å². The first-order valence-corrected chi connectivity index (χ1v) is 12.9. The molecule has 0 bridgehead atoms. The fraction of sp³-hybridized carbons (Fsp3) is 0.520. The third-order valence-electron chi connectivity index (χ3n) is 6.94. The molecular formula is C25H33N5O4Si. The van der Waals surface area contributed by atoms with Gasteiger partial charge in [-0.3, -0.25) is 9.36 Å². The highest BCUT2D eigenvalue weighted by atomic mass is 28.2.